The van der Waals surface area contributed by atoms with E-state index in [1.54, 1.807) is 41.2 Å². The summed E-state index contributed by atoms with van der Waals surface area (Å²) in [5.41, 5.74) is 2.56. The number of carbonyl (C=O) groups is 2. The number of amides is 1. The summed E-state index contributed by atoms with van der Waals surface area (Å²) >= 11 is 6.55. The number of thiocarbonyl (C=S) groups is 1. The van der Waals surface area contributed by atoms with Crippen LogP contribution in [-0.4, -0.2) is 68.3 Å². The minimum absolute atomic E-state index is 0.0548. The Labute approximate surface area is 236 Å². The molecule has 39 heavy (non-hydrogen) atoms. The number of hydrogen-bond donors (Lipinski definition) is 1. The number of para-hydroxylation sites is 1. The van der Waals surface area contributed by atoms with Crippen LogP contribution in [0.3, 0.4) is 0 Å². The zero-order valence-corrected chi connectivity index (χ0v) is 23.3. The van der Waals surface area contributed by atoms with E-state index in [4.69, 9.17) is 22.4 Å². The van der Waals surface area contributed by atoms with Crippen molar-refractivity contribution in [3.05, 3.63) is 71.3 Å². The van der Waals surface area contributed by atoms with Gasteiger partial charge in [-0.05, 0) is 49.6 Å². The first-order chi connectivity index (χ1) is 18.7. The molecule has 0 spiro atoms. The Hall–Kier alpha value is -3.32. The molecule has 0 unspecified atom stereocenters. The zero-order valence-electron chi connectivity index (χ0n) is 20.9. The maximum absolute atomic E-state index is 13.2. The van der Waals surface area contributed by atoms with E-state index in [9.17, 15) is 18.0 Å². The highest BCUT2D eigenvalue weighted by molar-refractivity contribution is 8.26. The molecule has 2 aromatic carbocycles. The lowest BCUT2D eigenvalue weighted by Crippen LogP contribution is -2.29. The van der Waals surface area contributed by atoms with E-state index in [1.807, 2.05) is 30.3 Å². The van der Waals surface area contributed by atoms with E-state index in [0.717, 1.165) is 30.3 Å². The minimum Gasteiger partial charge on any atom is -0.481 e. The molecule has 5 rings (SSSR count). The first kappa shape index (κ1) is 27.3. The van der Waals surface area contributed by atoms with Crippen molar-refractivity contribution in [3.8, 4) is 16.9 Å². The first-order valence-electron chi connectivity index (χ1n) is 12.5. The fourth-order valence-electron chi connectivity index (χ4n) is 4.53. The monoisotopic (exact) mass is 582 g/mol. The van der Waals surface area contributed by atoms with Gasteiger partial charge in [-0.1, -0.05) is 54.3 Å². The molecule has 9 nitrogen and oxygen atoms in total. The predicted octanol–water partition coefficient (Wildman–Crippen LogP) is 4.39. The van der Waals surface area contributed by atoms with Crippen molar-refractivity contribution in [2.24, 2.45) is 0 Å². The van der Waals surface area contributed by atoms with Crippen LogP contribution >= 0.6 is 24.0 Å². The molecule has 2 fully saturated rings. The molecule has 2 aliphatic heterocycles. The number of carboxylic acid groups (broad SMARTS) is 1. The topological polar surface area (TPSA) is 113 Å². The molecule has 0 aliphatic carbocycles. The van der Waals surface area contributed by atoms with Gasteiger partial charge in [-0.2, -0.15) is 9.40 Å². The van der Waals surface area contributed by atoms with Gasteiger partial charge in [0.2, 0.25) is 10.0 Å². The summed E-state index contributed by atoms with van der Waals surface area (Å²) in [6, 6.07) is 16.2. The van der Waals surface area contributed by atoms with Crippen molar-refractivity contribution in [1.29, 1.82) is 0 Å². The van der Waals surface area contributed by atoms with Gasteiger partial charge in [0.15, 0.2) is 0 Å². The van der Waals surface area contributed by atoms with Crippen molar-refractivity contribution in [3.63, 3.8) is 0 Å². The Balaban J connectivity index is 1.53. The summed E-state index contributed by atoms with van der Waals surface area (Å²) in [6.07, 6.45) is 5.44. The van der Waals surface area contributed by atoms with Crippen LogP contribution in [0.1, 0.15) is 31.2 Å². The first-order valence-corrected chi connectivity index (χ1v) is 15.1. The Morgan fingerprint density at radius 2 is 1.85 bits per heavy atom. The van der Waals surface area contributed by atoms with Crippen LogP contribution in [0.4, 0.5) is 0 Å². The van der Waals surface area contributed by atoms with Crippen molar-refractivity contribution in [1.82, 2.24) is 19.0 Å². The lowest BCUT2D eigenvalue weighted by atomic mass is 10.1. The van der Waals surface area contributed by atoms with Crippen molar-refractivity contribution >= 4 is 56.3 Å². The highest BCUT2D eigenvalue weighted by Gasteiger charge is 2.32. The zero-order chi connectivity index (χ0) is 27.6. The number of aliphatic carboxylic acids is 1. The van der Waals surface area contributed by atoms with Crippen molar-refractivity contribution in [2.45, 2.75) is 30.6 Å². The summed E-state index contributed by atoms with van der Waals surface area (Å²) in [5, 5.41) is 13.7. The van der Waals surface area contributed by atoms with Crippen LogP contribution in [0.25, 0.3) is 23.0 Å². The number of aromatic nitrogens is 2. The highest BCUT2D eigenvalue weighted by Crippen LogP contribution is 2.35. The maximum Gasteiger partial charge on any atom is 0.303 e. The standard InChI is InChI=1S/C27H26N4O5S3/c32-24(33)12-7-15-30-26(34)23(38-27(30)37)17-20-18-31(21-9-2-1-3-10-21)28-25(20)19-8-6-11-22(16-19)39(35,36)29-13-4-5-14-29/h1-3,6,8-11,16-18H,4-5,7,12-15H2,(H,32,33). The van der Waals surface area contributed by atoms with Crippen molar-refractivity contribution in [2.75, 3.05) is 19.6 Å². The molecular weight excluding hydrogens is 557 g/mol. The van der Waals surface area contributed by atoms with E-state index in [0.29, 0.717) is 45.6 Å². The summed E-state index contributed by atoms with van der Waals surface area (Å²) in [7, 11) is -3.63. The Kier molecular flexibility index (Phi) is 7.98. The van der Waals surface area contributed by atoms with Crippen LogP contribution in [0.2, 0.25) is 0 Å². The van der Waals surface area contributed by atoms with Crippen molar-refractivity contribution < 1.29 is 23.1 Å². The number of benzene rings is 2. The molecule has 2 aliphatic rings. The molecule has 2 saturated heterocycles. The number of rotatable bonds is 9. The van der Waals surface area contributed by atoms with Crippen LogP contribution in [-0.2, 0) is 19.6 Å². The third kappa shape index (κ3) is 5.83. The number of nitrogens with zero attached hydrogens (tertiary/aromatic N) is 4. The smallest absolute Gasteiger partial charge is 0.303 e. The second kappa shape index (κ2) is 11.4. The number of thioether (sulfide) groups is 1. The molecule has 0 atom stereocenters. The Morgan fingerprint density at radius 1 is 1.10 bits per heavy atom. The normalized spacial score (nSPS) is 17.4. The molecule has 3 aromatic rings. The fourth-order valence-corrected chi connectivity index (χ4v) is 7.40. The van der Waals surface area contributed by atoms with Crippen LogP contribution in [0.5, 0.6) is 0 Å². The largest absolute Gasteiger partial charge is 0.481 e. The third-order valence-electron chi connectivity index (χ3n) is 6.51. The number of sulfonamides is 1. The van der Waals surface area contributed by atoms with Gasteiger partial charge >= 0.3 is 5.97 Å². The minimum atomic E-state index is -3.63. The van der Waals surface area contributed by atoms with Gasteiger partial charge in [-0.15, -0.1) is 0 Å². The Bertz CT molecular complexity index is 1560. The van der Waals surface area contributed by atoms with E-state index in [2.05, 4.69) is 0 Å². The predicted molar refractivity (Wildman–Crippen MR) is 154 cm³/mol. The van der Waals surface area contributed by atoms with Gasteiger partial charge in [-0.3, -0.25) is 14.5 Å². The third-order valence-corrected chi connectivity index (χ3v) is 9.78. The summed E-state index contributed by atoms with van der Waals surface area (Å²) in [5.74, 6) is -1.22. The van der Waals surface area contributed by atoms with E-state index in [1.165, 1.54) is 9.21 Å². The molecule has 0 bridgehead atoms. The quantitative estimate of drug-likeness (QED) is 0.292. The van der Waals surface area contributed by atoms with E-state index >= 15 is 0 Å². The molecule has 3 heterocycles. The average Bonchev–Trinajstić information content (AvgIpc) is 3.67. The molecular formula is C27H26N4O5S3. The molecule has 1 aromatic heterocycles. The van der Waals surface area contributed by atoms with Gasteiger partial charge in [0, 0.05) is 43.4 Å². The average molecular weight is 583 g/mol. The van der Waals surface area contributed by atoms with Gasteiger partial charge in [0.05, 0.1) is 15.5 Å². The van der Waals surface area contributed by atoms with Gasteiger partial charge < -0.3 is 5.11 Å². The second-order valence-corrected chi connectivity index (χ2v) is 12.8. The lowest BCUT2D eigenvalue weighted by molar-refractivity contribution is -0.137. The lowest BCUT2D eigenvalue weighted by Gasteiger charge is -2.16. The van der Waals surface area contributed by atoms with Gasteiger partial charge in [0.25, 0.3) is 5.91 Å². The molecule has 12 heteroatoms. The van der Waals surface area contributed by atoms with Crippen LogP contribution < -0.4 is 0 Å². The van der Waals surface area contributed by atoms with Gasteiger partial charge in [0.1, 0.15) is 10.0 Å². The molecule has 0 radical (unpaired) electrons. The highest BCUT2D eigenvalue weighted by atomic mass is 32.2. The second-order valence-electron chi connectivity index (χ2n) is 9.18. The summed E-state index contributed by atoms with van der Waals surface area (Å²) in [6.45, 7) is 1.24. The molecule has 1 amide bonds. The maximum atomic E-state index is 13.2. The van der Waals surface area contributed by atoms with Crippen LogP contribution in [0, 0.1) is 0 Å². The number of hydrogen-bond acceptors (Lipinski definition) is 7. The SMILES string of the molecule is O=C(O)CCCN1C(=O)C(=Cc2cn(-c3ccccc3)nc2-c2cccc(S(=O)(=O)N3CCCC3)c2)SC1=S. The van der Waals surface area contributed by atoms with Gasteiger partial charge in [-0.25, -0.2) is 13.1 Å². The van der Waals surface area contributed by atoms with E-state index < -0.39 is 16.0 Å². The number of carboxylic acids is 1. The molecule has 0 saturated carbocycles. The summed E-state index contributed by atoms with van der Waals surface area (Å²) < 4.78 is 30.0. The van der Waals surface area contributed by atoms with Crippen LogP contribution in [0.15, 0.2) is 70.6 Å². The van der Waals surface area contributed by atoms with E-state index in [-0.39, 0.29) is 23.8 Å². The number of carbonyl (C=O) groups excluding carboxylic acids is 1. The summed E-state index contributed by atoms with van der Waals surface area (Å²) in [4.78, 5) is 26.0. The fraction of sp³-hybridized carbons (Fsp3) is 0.259. The Morgan fingerprint density at radius 3 is 2.56 bits per heavy atom. The molecule has 1 N–H and O–H groups in total. The molecule has 202 valence electrons.